The molecule has 2 rings (SSSR count). The first-order valence-electron chi connectivity index (χ1n) is 5.13. The van der Waals surface area contributed by atoms with Crippen LogP contribution >= 0.6 is 7.92 Å². The molecule has 16 heavy (non-hydrogen) atoms. The molecule has 0 aliphatic heterocycles. The number of hydrogen-bond donors (Lipinski definition) is 0. The van der Waals surface area contributed by atoms with E-state index in [1.54, 1.807) is 0 Å². The van der Waals surface area contributed by atoms with Crippen LogP contribution < -0.4 is 10.6 Å². The van der Waals surface area contributed by atoms with Crippen molar-refractivity contribution in [3.8, 4) is 0 Å². The molecule has 0 saturated heterocycles. The van der Waals surface area contributed by atoms with Gasteiger partial charge in [0.2, 0.25) is 0 Å². The normalized spacial score (nSPS) is 11.6. The van der Waals surface area contributed by atoms with Crippen molar-refractivity contribution in [2.45, 2.75) is 6.92 Å². The average Bonchev–Trinajstić information content (AvgIpc) is 2.30. The Morgan fingerprint density at radius 2 is 1.38 bits per heavy atom. The molecular formula is C14H18BP. The summed E-state index contributed by atoms with van der Waals surface area (Å²) in [5, 5.41) is 2.93. The van der Waals surface area contributed by atoms with Gasteiger partial charge in [-0.15, -0.1) is 0 Å². The fourth-order valence-corrected chi connectivity index (χ4v) is 3.54. The van der Waals surface area contributed by atoms with Crippen LogP contribution in [0.5, 0.6) is 0 Å². The zero-order valence-corrected chi connectivity index (χ0v) is 10.0. The first kappa shape index (κ1) is 13.0. The summed E-state index contributed by atoms with van der Waals surface area (Å²) in [5.74, 6) is 0. The van der Waals surface area contributed by atoms with Crippen LogP contribution in [-0.4, -0.2) is 15.1 Å². The Balaban J connectivity index is 0.00000128. The molecule has 2 aromatic carbocycles. The molecule has 0 amide bonds. The monoisotopic (exact) mass is 228 g/mol. The van der Waals surface area contributed by atoms with Gasteiger partial charge in [-0.3, -0.25) is 0 Å². The molecule has 2 heteroatoms. The van der Waals surface area contributed by atoms with Gasteiger partial charge >= 0.3 is 0 Å². The van der Waals surface area contributed by atoms with E-state index in [0.29, 0.717) is 0 Å². The SMILES string of the molecule is B.Cc1ccccc1P(C)c1ccccc1. The maximum absolute atomic E-state index is 2.33. The lowest BCUT2D eigenvalue weighted by Crippen LogP contribution is -2.12. The second kappa shape index (κ2) is 5.87. The summed E-state index contributed by atoms with van der Waals surface area (Å²) in [4.78, 5) is 0. The minimum absolute atomic E-state index is 0. The number of benzene rings is 2. The highest BCUT2D eigenvalue weighted by Crippen LogP contribution is 2.29. The summed E-state index contributed by atoms with van der Waals surface area (Å²) in [6.45, 7) is 4.52. The first-order valence-corrected chi connectivity index (χ1v) is 6.92. The summed E-state index contributed by atoms with van der Waals surface area (Å²) in [5.41, 5.74) is 1.40. The van der Waals surface area contributed by atoms with Crippen LogP contribution in [0.3, 0.4) is 0 Å². The third kappa shape index (κ3) is 2.74. The van der Waals surface area contributed by atoms with Gasteiger partial charge < -0.3 is 0 Å². The Morgan fingerprint density at radius 1 is 0.812 bits per heavy atom. The minimum Gasteiger partial charge on any atom is -0.0622 e. The molecule has 1 unspecified atom stereocenters. The molecule has 0 radical (unpaired) electrons. The van der Waals surface area contributed by atoms with Crippen LogP contribution in [0.1, 0.15) is 5.56 Å². The second-order valence-electron chi connectivity index (χ2n) is 3.68. The van der Waals surface area contributed by atoms with Crippen LogP contribution in [0.2, 0.25) is 0 Å². The van der Waals surface area contributed by atoms with E-state index in [9.17, 15) is 0 Å². The molecule has 0 heterocycles. The summed E-state index contributed by atoms with van der Waals surface area (Å²) in [6, 6.07) is 19.4. The van der Waals surface area contributed by atoms with E-state index < -0.39 is 0 Å². The smallest absolute Gasteiger partial charge is 0.0622 e. The van der Waals surface area contributed by atoms with Crippen LogP contribution in [0.15, 0.2) is 54.6 Å². The van der Waals surface area contributed by atoms with Crippen molar-refractivity contribution < 1.29 is 0 Å². The molecule has 0 aromatic heterocycles. The van der Waals surface area contributed by atoms with Crippen LogP contribution in [0.4, 0.5) is 0 Å². The van der Waals surface area contributed by atoms with Gasteiger partial charge in [-0.1, -0.05) is 54.6 Å². The predicted octanol–water partition coefficient (Wildman–Crippen LogP) is 1.87. The zero-order chi connectivity index (χ0) is 10.7. The van der Waals surface area contributed by atoms with Gasteiger partial charge in [-0.2, -0.15) is 0 Å². The van der Waals surface area contributed by atoms with E-state index in [4.69, 9.17) is 0 Å². The fraction of sp³-hybridized carbons (Fsp3) is 0.143. The van der Waals surface area contributed by atoms with E-state index in [1.165, 1.54) is 16.2 Å². The molecule has 82 valence electrons. The van der Waals surface area contributed by atoms with Gasteiger partial charge in [-0.25, -0.2) is 0 Å². The average molecular weight is 228 g/mol. The van der Waals surface area contributed by atoms with Gasteiger partial charge in [0.15, 0.2) is 0 Å². The first-order chi connectivity index (χ1) is 7.29. The minimum atomic E-state index is -0.192. The molecule has 0 nitrogen and oxygen atoms in total. The van der Waals surface area contributed by atoms with E-state index in [0.717, 1.165) is 0 Å². The molecule has 1 atom stereocenters. The third-order valence-corrected chi connectivity index (χ3v) is 4.92. The van der Waals surface area contributed by atoms with Crippen LogP contribution in [0.25, 0.3) is 0 Å². The Bertz CT molecular complexity index is 439. The Morgan fingerprint density at radius 3 is 2.00 bits per heavy atom. The van der Waals surface area contributed by atoms with Crippen molar-refractivity contribution in [3.63, 3.8) is 0 Å². The van der Waals surface area contributed by atoms with Crippen molar-refractivity contribution >= 4 is 26.9 Å². The topological polar surface area (TPSA) is 0 Å². The third-order valence-electron chi connectivity index (χ3n) is 2.62. The number of aryl methyl sites for hydroxylation is 1. The van der Waals surface area contributed by atoms with Gasteiger partial charge in [0.05, 0.1) is 8.41 Å². The maximum atomic E-state index is 2.33. The van der Waals surface area contributed by atoms with Crippen molar-refractivity contribution in [2.24, 2.45) is 0 Å². The Labute approximate surface area is 101 Å². The van der Waals surface area contributed by atoms with Crippen molar-refractivity contribution in [3.05, 3.63) is 60.2 Å². The summed E-state index contributed by atoms with van der Waals surface area (Å²) in [6.07, 6.45) is 0. The molecular weight excluding hydrogens is 210 g/mol. The lowest BCUT2D eigenvalue weighted by Gasteiger charge is -2.15. The highest BCUT2D eigenvalue weighted by molar-refractivity contribution is 7.72. The zero-order valence-electron chi connectivity index (χ0n) is 9.14. The Hall–Kier alpha value is -1.07. The molecule has 0 spiro atoms. The van der Waals surface area contributed by atoms with Gasteiger partial charge in [0.1, 0.15) is 0 Å². The molecule has 0 aliphatic carbocycles. The summed E-state index contributed by atoms with van der Waals surface area (Å²) >= 11 is 0. The van der Waals surface area contributed by atoms with Crippen molar-refractivity contribution in [1.29, 1.82) is 0 Å². The van der Waals surface area contributed by atoms with E-state index in [-0.39, 0.29) is 16.3 Å². The summed E-state index contributed by atoms with van der Waals surface area (Å²) < 4.78 is 0. The van der Waals surface area contributed by atoms with Gasteiger partial charge in [0, 0.05) is 0 Å². The summed E-state index contributed by atoms with van der Waals surface area (Å²) in [7, 11) is -0.192. The van der Waals surface area contributed by atoms with Crippen LogP contribution in [-0.2, 0) is 0 Å². The van der Waals surface area contributed by atoms with E-state index in [2.05, 4.69) is 68.2 Å². The van der Waals surface area contributed by atoms with Crippen molar-refractivity contribution in [1.82, 2.24) is 0 Å². The number of rotatable bonds is 2. The predicted molar refractivity (Wildman–Crippen MR) is 79.7 cm³/mol. The van der Waals surface area contributed by atoms with Gasteiger partial charge in [0.25, 0.3) is 0 Å². The lowest BCUT2D eigenvalue weighted by molar-refractivity contribution is 1.52. The molecule has 0 saturated carbocycles. The molecule has 0 aliphatic rings. The molecule has 2 aromatic rings. The highest BCUT2D eigenvalue weighted by Gasteiger charge is 2.08. The lowest BCUT2D eigenvalue weighted by atomic mass is 10.2. The van der Waals surface area contributed by atoms with Crippen molar-refractivity contribution in [2.75, 3.05) is 6.66 Å². The number of hydrogen-bond acceptors (Lipinski definition) is 0. The van der Waals surface area contributed by atoms with E-state index >= 15 is 0 Å². The standard InChI is InChI=1S/C14H15P.BH3/c1-12-8-6-7-11-14(12)15(2)13-9-4-3-5-10-13;/h3-11H,1-2H3;1H3. The maximum Gasteiger partial charge on any atom is 0.0814 e. The van der Waals surface area contributed by atoms with E-state index in [1.807, 2.05) is 0 Å². The molecule has 0 fully saturated rings. The highest BCUT2D eigenvalue weighted by atomic mass is 31.1. The largest absolute Gasteiger partial charge is 0.0814 e. The molecule has 0 bridgehead atoms. The quantitative estimate of drug-likeness (QED) is 0.543. The Kier molecular flexibility index (Phi) is 4.77. The van der Waals surface area contributed by atoms with Gasteiger partial charge in [-0.05, 0) is 37.7 Å². The van der Waals surface area contributed by atoms with Crippen LogP contribution in [0, 0.1) is 6.92 Å². The fourth-order valence-electron chi connectivity index (χ4n) is 1.73. The second-order valence-corrected chi connectivity index (χ2v) is 5.80. The molecule has 0 N–H and O–H groups in total.